The molecule has 0 atom stereocenters. The molecule has 1 heterocycles. The molecule has 0 aliphatic heterocycles. The predicted molar refractivity (Wildman–Crippen MR) is 103 cm³/mol. The Morgan fingerprint density at radius 2 is 1.92 bits per heavy atom. The van der Waals surface area contributed by atoms with Gasteiger partial charge in [0.05, 0.1) is 0 Å². The molecule has 1 amide bonds. The van der Waals surface area contributed by atoms with Gasteiger partial charge in [0, 0.05) is 24.8 Å². The van der Waals surface area contributed by atoms with Crippen molar-refractivity contribution in [2.24, 2.45) is 5.92 Å². The number of phenols is 1. The summed E-state index contributed by atoms with van der Waals surface area (Å²) in [7, 11) is 2.04. The van der Waals surface area contributed by atoms with E-state index in [2.05, 4.69) is 27.1 Å². The summed E-state index contributed by atoms with van der Waals surface area (Å²) in [5, 5.41) is 12.3. The summed E-state index contributed by atoms with van der Waals surface area (Å²) >= 11 is 0. The molecule has 6 heteroatoms. The van der Waals surface area contributed by atoms with Gasteiger partial charge >= 0.3 is 0 Å². The number of amides is 1. The summed E-state index contributed by atoms with van der Waals surface area (Å²) in [6.45, 7) is 4.13. The summed E-state index contributed by atoms with van der Waals surface area (Å²) < 4.78 is 0. The van der Waals surface area contributed by atoms with E-state index in [1.807, 2.05) is 14.0 Å². The van der Waals surface area contributed by atoms with Gasteiger partial charge in [-0.15, -0.1) is 0 Å². The largest absolute Gasteiger partial charge is 0.508 e. The first-order valence-corrected chi connectivity index (χ1v) is 9.10. The van der Waals surface area contributed by atoms with Crippen molar-refractivity contribution in [1.82, 2.24) is 9.97 Å². The van der Waals surface area contributed by atoms with Gasteiger partial charge in [-0.3, -0.25) is 4.79 Å². The van der Waals surface area contributed by atoms with E-state index in [4.69, 9.17) is 0 Å². The summed E-state index contributed by atoms with van der Waals surface area (Å²) in [4.78, 5) is 23.2. The van der Waals surface area contributed by atoms with Gasteiger partial charge in [0.2, 0.25) is 0 Å². The summed E-state index contributed by atoms with van der Waals surface area (Å²) in [5.74, 6) is 1.45. The fourth-order valence-electron chi connectivity index (χ4n) is 3.46. The number of anilines is 2. The molecule has 26 heavy (non-hydrogen) atoms. The Hall–Kier alpha value is -2.63. The van der Waals surface area contributed by atoms with Crippen molar-refractivity contribution in [3.8, 4) is 5.75 Å². The second-order valence-corrected chi connectivity index (χ2v) is 7.24. The number of benzene rings is 1. The normalized spacial score (nSPS) is 19.8. The number of aromatic nitrogens is 2. The van der Waals surface area contributed by atoms with Gasteiger partial charge in [0.15, 0.2) is 0 Å². The molecule has 2 aromatic rings. The Morgan fingerprint density at radius 3 is 2.62 bits per heavy atom. The van der Waals surface area contributed by atoms with Gasteiger partial charge in [0.1, 0.15) is 23.6 Å². The highest BCUT2D eigenvalue weighted by molar-refractivity contribution is 6.03. The van der Waals surface area contributed by atoms with Gasteiger partial charge in [-0.1, -0.05) is 6.92 Å². The molecule has 6 nitrogen and oxygen atoms in total. The molecule has 1 aromatic heterocycles. The Bertz CT molecular complexity index is 785. The Balaban J connectivity index is 1.72. The number of hydrogen-bond donors (Lipinski definition) is 2. The molecular weight excluding hydrogens is 328 g/mol. The van der Waals surface area contributed by atoms with Crippen molar-refractivity contribution in [1.29, 1.82) is 0 Å². The monoisotopic (exact) mass is 354 g/mol. The first kappa shape index (κ1) is 18.2. The summed E-state index contributed by atoms with van der Waals surface area (Å²) in [5.41, 5.74) is 1.78. The lowest BCUT2D eigenvalue weighted by atomic mass is 9.87. The van der Waals surface area contributed by atoms with Crippen LogP contribution in [0.5, 0.6) is 5.75 Å². The molecule has 3 rings (SSSR count). The summed E-state index contributed by atoms with van der Waals surface area (Å²) in [6, 6.07) is 7.03. The van der Waals surface area contributed by atoms with Crippen LogP contribution in [0.4, 0.5) is 11.5 Å². The molecule has 1 aromatic carbocycles. The smallest absolute Gasteiger partial charge is 0.274 e. The van der Waals surface area contributed by atoms with E-state index < -0.39 is 0 Å². The predicted octanol–water partition coefficient (Wildman–Crippen LogP) is 3.76. The molecular formula is C20H26N4O2. The lowest BCUT2D eigenvalue weighted by Gasteiger charge is -2.34. The zero-order valence-electron chi connectivity index (χ0n) is 15.6. The molecule has 0 unspecified atom stereocenters. The van der Waals surface area contributed by atoms with Gasteiger partial charge in [-0.2, -0.15) is 0 Å². The lowest BCUT2D eigenvalue weighted by molar-refractivity contribution is 0.102. The highest BCUT2D eigenvalue weighted by Gasteiger charge is 2.23. The van der Waals surface area contributed by atoms with Crippen LogP contribution in [0.2, 0.25) is 0 Å². The first-order valence-electron chi connectivity index (χ1n) is 9.10. The second-order valence-electron chi connectivity index (χ2n) is 7.24. The maximum atomic E-state index is 12.6. The minimum absolute atomic E-state index is 0.174. The lowest BCUT2D eigenvalue weighted by Crippen LogP contribution is -2.35. The fourth-order valence-corrected chi connectivity index (χ4v) is 3.46. The minimum atomic E-state index is -0.284. The molecule has 2 N–H and O–H groups in total. The third kappa shape index (κ3) is 4.12. The zero-order chi connectivity index (χ0) is 18.7. The van der Waals surface area contributed by atoms with Crippen molar-refractivity contribution < 1.29 is 9.90 Å². The standard InChI is InChI=1S/C20H26N4O2/c1-13-4-6-15(7-5-13)24(3)19-11-18(21-12-22-19)20(26)23-17-9-8-16(25)10-14(17)2/h8-13,15,25H,4-7H2,1-3H3,(H,23,26). The first-order chi connectivity index (χ1) is 12.4. The van der Waals surface area contributed by atoms with Crippen molar-refractivity contribution in [3.05, 3.63) is 41.9 Å². The van der Waals surface area contributed by atoms with E-state index in [0.717, 1.165) is 30.1 Å². The number of aromatic hydroxyl groups is 1. The van der Waals surface area contributed by atoms with Crippen LogP contribution in [0.3, 0.4) is 0 Å². The van der Waals surface area contributed by atoms with E-state index in [9.17, 15) is 9.90 Å². The average Bonchev–Trinajstić information content (AvgIpc) is 2.64. The van der Waals surface area contributed by atoms with E-state index in [-0.39, 0.29) is 11.7 Å². The molecule has 0 radical (unpaired) electrons. The quantitative estimate of drug-likeness (QED) is 0.818. The highest BCUT2D eigenvalue weighted by Crippen LogP contribution is 2.28. The van der Waals surface area contributed by atoms with Crippen LogP contribution < -0.4 is 10.2 Å². The molecule has 1 fully saturated rings. The number of aryl methyl sites for hydroxylation is 1. The van der Waals surface area contributed by atoms with Gasteiger partial charge in [-0.05, 0) is 62.3 Å². The van der Waals surface area contributed by atoms with Crippen LogP contribution in [-0.2, 0) is 0 Å². The Labute approximate surface area is 154 Å². The summed E-state index contributed by atoms with van der Waals surface area (Å²) in [6.07, 6.45) is 6.20. The van der Waals surface area contributed by atoms with Crippen LogP contribution in [0.25, 0.3) is 0 Å². The maximum absolute atomic E-state index is 12.6. The number of carbonyl (C=O) groups is 1. The molecule has 0 saturated heterocycles. The average molecular weight is 354 g/mol. The molecule has 1 aliphatic carbocycles. The van der Waals surface area contributed by atoms with E-state index in [0.29, 0.717) is 17.4 Å². The van der Waals surface area contributed by atoms with Crippen molar-refractivity contribution in [3.63, 3.8) is 0 Å². The molecule has 138 valence electrons. The van der Waals surface area contributed by atoms with Gasteiger partial charge < -0.3 is 15.3 Å². The topological polar surface area (TPSA) is 78.4 Å². The SMILES string of the molecule is Cc1cc(O)ccc1NC(=O)c1cc(N(C)C2CCC(C)CC2)ncn1. The van der Waals surface area contributed by atoms with E-state index >= 15 is 0 Å². The minimum Gasteiger partial charge on any atom is -0.508 e. The zero-order valence-corrected chi connectivity index (χ0v) is 15.6. The van der Waals surface area contributed by atoms with Gasteiger partial charge in [-0.25, -0.2) is 9.97 Å². The van der Waals surface area contributed by atoms with E-state index in [1.165, 1.54) is 19.2 Å². The van der Waals surface area contributed by atoms with Crippen LogP contribution in [0, 0.1) is 12.8 Å². The molecule has 0 bridgehead atoms. The third-order valence-electron chi connectivity index (χ3n) is 5.24. The Kier molecular flexibility index (Phi) is 5.40. The number of nitrogens with zero attached hydrogens (tertiary/aromatic N) is 3. The van der Waals surface area contributed by atoms with Crippen LogP contribution in [0.15, 0.2) is 30.6 Å². The molecule has 0 spiro atoms. The third-order valence-corrected chi connectivity index (χ3v) is 5.24. The number of nitrogens with one attached hydrogen (secondary N) is 1. The number of rotatable bonds is 4. The van der Waals surface area contributed by atoms with Crippen molar-refractivity contribution in [2.45, 2.75) is 45.6 Å². The second kappa shape index (κ2) is 7.72. The number of carbonyl (C=O) groups excluding carboxylic acids is 1. The highest BCUT2D eigenvalue weighted by atomic mass is 16.3. The maximum Gasteiger partial charge on any atom is 0.274 e. The number of phenolic OH excluding ortho intramolecular Hbond substituents is 1. The van der Waals surface area contributed by atoms with Crippen LogP contribution in [-0.4, -0.2) is 34.1 Å². The van der Waals surface area contributed by atoms with Crippen molar-refractivity contribution in [2.75, 3.05) is 17.3 Å². The fraction of sp³-hybridized carbons (Fsp3) is 0.450. The Morgan fingerprint density at radius 1 is 1.19 bits per heavy atom. The van der Waals surface area contributed by atoms with Crippen LogP contribution >= 0.6 is 0 Å². The van der Waals surface area contributed by atoms with E-state index in [1.54, 1.807) is 24.3 Å². The van der Waals surface area contributed by atoms with Crippen LogP contribution in [0.1, 0.15) is 48.7 Å². The number of hydrogen-bond acceptors (Lipinski definition) is 5. The molecule has 1 aliphatic rings. The van der Waals surface area contributed by atoms with Gasteiger partial charge in [0.25, 0.3) is 5.91 Å². The molecule has 1 saturated carbocycles. The van der Waals surface area contributed by atoms with Crippen molar-refractivity contribution >= 4 is 17.4 Å².